The topological polar surface area (TPSA) is 75.9 Å². The van der Waals surface area contributed by atoms with E-state index in [1.807, 2.05) is 40.9 Å². The first-order valence-electron chi connectivity index (χ1n) is 9.76. The number of carbonyl (C=O) groups is 1. The number of rotatable bonds is 5. The molecule has 0 spiro atoms. The Bertz CT molecular complexity index is 995. The van der Waals surface area contributed by atoms with Gasteiger partial charge in [0, 0.05) is 44.4 Å². The van der Waals surface area contributed by atoms with Crippen LogP contribution < -0.4 is 5.32 Å². The average Bonchev–Trinajstić information content (AvgIpc) is 3.19. The fraction of sp³-hybridized carbons (Fsp3) is 0.333. The molecule has 0 aliphatic carbocycles. The van der Waals surface area contributed by atoms with Crippen molar-refractivity contribution in [2.75, 3.05) is 18.4 Å². The van der Waals surface area contributed by atoms with Crippen molar-refractivity contribution in [2.45, 2.75) is 32.7 Å². The predicted octanol–water partition coefficient (Wildman–Crippen LogP) is 3.86. The van der Waals surface area contributed by atoms with E-state index in [9.17, 15) is 4.79 Å². The van der Waals surface area contributed by atoms with Gasteiger partial charge in [-0.05, 0) is 43.9 Å². The molecular formula is C21H23ClN6O. The average molecular weight is 411 g/mol. The summed E-state index contributed by atoms with van der Waals surface area (Å²) >= 11 is 6.37. The van der Waals surface area contributed by atoms with Crippen molar-refractivity contribution >= 4 is 23.3 Å². The second-order valence-electron chi connectivity index (χ2n) is 7.13. The van der Waals surface area contributed by atoms with Crippen LogP contribution in [0.2, 0.25) is 5.02 Å². The van der Waals surface area contributed by atoms with Crippen molar-refractivity contribution < 1.29 is 4.79 Å². The van der Waals surface area contributed by atoms with E-state index in [2.05, 4.69) is 20.3 Å². The van der Waals surface area contributed by atoms with Crippen LogP contribution in [0.4, 0.5) is 5.82 Å². The molecule has 0 bridgehead atoms. The smallest absolute Gasteiger partial charge is 0.255 e. The van der Waals surface area contributed by atoms with E-state index in [-0.39, 0.29) is 5.91 Å². The molecule has 4 rings (SSSR count). The molecule has 150 valence electrons. The first-order valence-corrected chi connectivity index (χ1v) is 10.1. The SMILES string of the molecule is Cc1nccn1-c1ccc(CNc2ncc(C(=O)N3CCCCC3)cc2Cl)cn1. The zero-order chi connectivity index (χ0) is 20.2. The number of pyridine rings is 2. The molecule has 1 N–H and O–H groups in total. The molecular weight excluding hydrogens is 388 g/mol. The summed E-state index contributed by atoms with van der Waals surface area (Å²) in [5.41, 5.74) is 1.53. The van der Waals surface area contributed by atoms with Crippen LogP contribution in [0.15, 0.2) is 43.0 Å². The maximum atomic E-state index is 12.6. The number of likely N-dealkylation sites (tertiary alicyclic amines) is 1. The summed E-state index contributed by atoms with van der Waals surface area (Å²) in [4.78, 5) is 27.5. The highest BCUT2D eigenvalue weighted by Crippen LogP contribution is 2.22. The first kappa shape index (κ1) is 19.4. The number of aromatic nitrogens is 4. The van der Waals surface area contributed by atoms with E-state index in [4.69, 9.17) is 11.6 Å². The molecule has 7 nitrogen and oxygen atoms in total. The van der Waals surface area contributed by atoms with E-state index in [0.717, 1.165) is 43.1 Å². The maximum Gasteiger partial charge on any atom is 0.255 e. The summed E-state index contributed by atoms with van der Waals surface area (Å²) in [5.74, 6) is 2.26. The molecule has 4 heterocycles. The van der Waals surface area contributed by atoms with Crippen molar-refractivity contribution in [2.24, 2.45) is 0 Å². The van der Waals surface area contributed by atoms with Crippen molar-refractivity contribution in [1.29, 1.82) is 0 Å². The Morgan fingerprint density at radius 1 is 1.14 bits per heavy atom. The number of aryl methyl sites for hydroxylation is 1. The van der Waals surface area contributed by atoms with Crippen molar-refractivity contribution in [3.05, 3.63) is 65.0 Å². The van der Waals surface area contributed by atoms with E-state index in [1.165, 1.54) is 6.42 Å². The van der Waals surface area contributed by atoms with Crippen molar-refractivity contribution in [3.8, 4) is 5.82 Å². The molecule has 29 heavy (non-hydrogen) atoms. The molecule has 0 unspecified atom stereocenters. The van der Waals surface area contributed by atoms with Crippen LogP contribution in [0.3, 0.4) is 0 Å². The summed E-state index contributed by atoms with van der Waals surface area (Å²) in [7, 11) is 0. The van der Waals surface area contributed by atoms with Crippen LogP contribution in [0.25, 0.3) is 5.82 Å². The number of halogens is 1. The summed E-state index contributed by atoms with van der Waals surface area (Å²) in [6.07, 6.45) is 10.3. The number of carbonyl (C=O) groups excluding carboxylic acids is 1. The van der Waals surface area contributed by atoms with Gasteiger partial charge in [-0.1, -0.05) is 17.7 Å². The highest BCUT2D eigenvalue weighted by molar-refractivity contribution is 6.33. The van der Waals surface area contributed by atoms with Gasteiger partial charge in [0.05, 0.1) is 10.6 Å². The number of imidazole rings is 1. The number of hydrogen-bond acceptors (Lipinski definition) is 5. The van der Waals surface area contributed by atoms with Crippen LogP contribution in [0.5, 0.6) is 0 Å². The summed E-state index contributed by atoms with van der Waals surface area (Å²) in [5, 5.41) is 3.65. The monoisotopic (exact) mass is 410 g/mol. The quantitative estimate of drug-likeness (QED) is 0.691. The molecule has 1 amide bonds. The molecule has 0 saturated carbocycles. The van der Waals surface area contributed by atoms with Crippen LogP contribution >= 0.6 is 11.6 Å². The van der Waals surface area contributed by atoms with E-state index in [0.29, 0.717) is 22.9 Å². The van der Waals surface area contributed by atoms with Gasteiger partial charge in [0.15, 0.2) is 0 Å². The third-order valence-corrected chi connectivity index (χ3v) is 5.36. The molecule has 0 aromatic carbocycles. The van der Waals surface area contributed by atoms with Gasteiger partial charge < -0.3 is 10.2 Å². The van der Waals surface area contributed by atoms with Crippen molar-refractivity contribution in [3.63, 3.8) is 0 Å². The minimum Gasteiger partial charge on any atom is -0.365 e. The second-order valence-corrected chi connectivity index (χ2v) is 7.54. The van der Waals surface area contributed by atoms with Gasteiger partial charge in [-0.3, -0.25) is 9.36 Å². The Balaban J connectivity index is 1.39. The Labute approximate surface area is 174 Å². The lowest BCUT2D eigenvalue weighted by molar-refractivity contribution is 0.0724. The third-order valence-electron chi connectivity index (χ3n) is 5.07. The Morgan fingerprint density at radius 2 is 1.97 bits per heavy atom. The summed E-state index contributed by atoms with van der Waals surface area (Å²) < 4.78 is 1.92. The molecule has 0 atom stereocenters. The van der Waals surface area contributed by atoms with E-state index in [1.54, 1.807) is 18.5 Å². The zero-order valence-electron chi connectivity index (χ0n) is 16.3. The lowest BCUT2D eigenvalue weighted by atomic mass is 10.1. The lowest BCUT2D eigenvalue weighted by Crippen LogP contribution is -2.35. The largest absolute Gasteiger partial charge is 0.365 e. The normalized spacial score (nSPS) is 14.1. The number of nitrogens with one attached hydrogen (secondary N) is 1. The molecule has 1 fully saturated rings. The van der Waals surface area contributed by atoms with Crippen LogP contribution in [-0.4, -0.2) is 43.4 Å². The van der Waals surface area contributed by atoms with E-state index < -0.39 is 0 Å². The summed E-state index contributed by atoms with van der Waals surface area (Å²) in [6, 6.07) is 5.63. The molecule has 3 aromatic heterocycles. The van der Waals surface area contributed by atoms with Gasteiger partial charge in [0.25, 0.3) is 5.91 Å². The maximum absolute atomic E-state index is 12.6. The molecule has 8 heteroatoms. The minimum absolute atomic E-state index is 0.000217. The van der Waals surface area contributed by atoms with Crippen molar-refractivity contribution in [1.82, 2.24) is 24.4 Å². The van der Waals surface area contributed by atoms with Crippen LogP contribution in [-0.2, 0) is 6.54 Å². The molecule has 1 saturated heterocycles. The molecule has 3 aromatic rings. The molecule has 1 aliphatic rings. The standard InChI is InChI=1S/C21H23ClN6O/c1-15-23-7-10-28(15)19-6-5-16(12-24-19)13-25-20-18(22)11-17(14-26-20)21(29)27-8-3-2-4-9-27/h5-7,10-12,14H,2-4,8-9,13H2,1H3,(H,25,26). The summed E-state index contributed by atoms with van der Waals surface area (Å²) in [6.45, 7) is 4.07. The van der Waals surface area contributed by atoms with Gasteiger partial charge in [-0.15, -0.1) is 0 Å². The first-order chi connectivity index (χ1) is 14.1. The lowest BCUT2D eigenvalue weighted by Gasteiger charge is -2.26. The second kappa shape index (κ2) is 8.61. The fourth-order valence-corrected chi connectivity index (χ4v) is 3.67. The van der Waals surface area contributed by atoms with Gasteiger partial charge in [-0.2, -0.15) is 0 Å². The van der Waals surface area contributed by atoms with Gasteiger partial charge >= 0.3 is 0 Å². The van der Waals surface area contributed by atoms with Crippen LogP contribution in [0.1, 0.15) is 41.0 Å². The Kier molecular flexibility index (Phi) is 5.76. The van der Waals surface area contributed by atoms with Gasteiger partial charge in [0.1, 0.15) is 17.5 Å². The Morgan fingerprint density at radius 3 is 2.62 bits per heavy atom. The number of piperidine rings is 1. The molecule has 0 radical (unpaired) electrons. The molecule has 1 aliphatic heterocycles. The van der Waals surface area contributed by atoms with Crippen LogP contribution in [0, 0.1) is 6.92 Å². The Hall–Kier alpha value is -2.93. The fourth-order valence-electron chi connectivity index (χ4n) is 3.43. The zero-order valence-corrected chi connectivity index (χ0v) is 17.1. The highest BCUT2D eigenvalue weighted by atomic mass is 35.5. The number of nitrogens with zero attached hydrogens (tertiary/aromatic N) is 5. The number of anilines is 1. The third kappa shape index (κ3) is 4.40. The van der Waals surface area contributed by atoms with Gasteiger partial charge in [-0.25, -0.2) is 15.0 Å². The minimum atomic E-state index is 0.000217. The van der Waals surface area contributed by atoms with Gasteiger partial charge in [0.2, 0.25) is 0 Å². The number of hydrogen-bond donors (Lipinski definition) is 1. The van der Waals surface area contributed by atoms with E-state index >= 15 is 0 Å². The highest BCUT2D eigenvalue weighted by Gasteiger charge is 2.19. The number of amides is 1. The predicted molar refractivity (Wildman–Crippen MR) is 112 cm³/mol.